The first-order chi connectivity index (χ1) is 15.8. The van der Waals surface area contributed by atoms with Crippen LogP contribution in [0.25, 0.3) is 21.9 Å². The number of nitrogens with zero attached hydrogens (tertiary/aromatic N) is 3. The van der Waals surface area contributed by atoms with Gasteiger partial charge in [0.25, 0.3) is 0 Å². The third-order valence-corrected chi connectivity index (χ3v) is 5.65. The number of fused-ring (bicyclic) bond motifs is 3. The van der Waals surface area contributed by atoms with Crippen LogP contribution in [0.5, 0.6) is 0 Å². The van der Waals surface area contributed by atoms with E-state index in [1.165, 1.54) is 11.1 Å². The quantitative estimate of drug-likeness (QED) is 0.341. The van der Waals surface area contributed by atoms with Crippen molar-refractivity contribution in [1.29, 1.82) is 0 Å². The first-order valence-electron chi connectivity index (χ1n) is 11.0. The van der Waals surface area contributed by atoms with E-state index in [0.717, 1.165) is 46.4 Å². The number of hydrogen-bond donors (Lipinski definition) is 1. The zero-order valence-electron chi connectivity index (χ0n) is 18.2. The van der Waals surface area contributed by atoms with Crippen LogP contribution >= 0.6 is 0 Å². The molecule has 0 aliphatic carbocycles. The lowest BCUT2D eigenvalue weighted by molar-refractivity contribution is 0.135. The van der Waals surface area contributed by atoms with E-state index in [4.69, 9.17) is 14.7 Å². The number of anilines is 1. The standard InChI is InChI=1S/C27H26N4O/c1-2-32-18-22-14-9-15-23-24(22)25-26(29-19-28-25)27(30-23)31(16-20-10-5-3-6-11-20)17-21-12-7-4-8-13-21/h3-15,19H,2,16-18H2,1H3,(H,28,29). The van der Waals surface area contributed by atoms with Crippen LogP contribution in [0.4, 0.5) is 5.82 Å². The largest absolute Gasteiger partial charge is 0.377 e. The number of benzene rings is 3. The first-order valence-corrected chi connectivity index (χ1v) is 11.0. The summed E-state index contributed by atoms with van der Waals surface area (Å²) in [6.07, 6.45) is 1.76. The number of aromatic nitrogens is 3. The van der Waals surface area contributed by atoms with Gasteiger partial charge < -0.3 is 14.6 Å². The van der Waals surface area contributed by atoms with E-state index in [1.807, 2.05) is 19.1 Å². The first kappa shape index (κ1) is 20.2. The topological polar surface area (TPSA) is 54.0 Å². The monoisotopic (exact) mass is 422 g/mol. The van der Waals surface area contributed by atoms with Crippen molar-refractivity contribution in [3.8, 4) is 0 Å². The Morgan fingerprint density at radius 1 is 0.844 bits per heavy atom. The Hall–Kier alpha value is -3.70. The molecule has 0 spiro atoms. The van der Waals surface area contributed by atoms with E-state index in [2.05, 4.69) is 76.6 Å². The summed E-state index contributed by atoms with van der Waals surface area (Å²) < 4.78 is 5.72. The average molecular weight is 423 g/mol. The molecular weight excluding hydrogens is 396 g/mol. The van der Waals surface area contributed by atoms with Crippen LogP contribution < -0.4 is 4.90 Å². The summed E-state index contributed by atoms with van der Waals surface area (Å²) in [5.74, 6) is 0.884. The molecular formula is C27H26N4O. The SMILES string of the molecule is CCOCc1cccc2nc(N(Cc3ccccc3)Cc3ccccc3)c3nc[nH]c3c12. The minimum absolute atomic E-state index is 0.556. The van der Waals surface area contributed by atoms with Crippen LogP contribution in [0.2, 0.25) is 0 Å². The summed E-state index contributed by atoms with van der Waals surface area (Å²) in [5, 5.41) is 1.08. The Balaban J connectivity index is 1.65. The van der Waals surface area contributed by atoms with Gasteiger partial charge in [-0.05, 0) is 29.7 Å². The van der Waals surface area contributed by atoms with Crippen molar-refractivity contribution < 1.29 is 4.74 Å². The zero-order chi connectivity index (χ0) is 21.8. The third kappa shape index (κ3) is 4.07. The summed E-state index contributed by atoms with van der Waals surface area (Å²) in [5.41, 5.74) is 6.42. The van der Waals surface area contributed by atoms with Crippen molar-refractivity contribution in [1.82, 2.24) is 15.0 Å². The molecule has 3 aromatic carbocycles. The minimum atomic E-state index is 0.556. The predicted molar refractivity (Wildman–Crippen MR) is 129 cm³/mol. The molecule has 32 heavy (non-hydrogen) atoms. The van der Waals surface area contributed by atoms with Crippen molar-refractivity contribution >= 4 is 27.8 Å². The van der Waals surface area contributed by atoms with Gasteiger partial charge in [-0.2, -0.15) is 0 Å². The molecule has 1 N–H and O–H groups in total. The van der Waals surface area contributed by atoms with Gasteiger partial charge in [0.2, 0.25) is 0 Å². The molecule has 0 unspecified atom stereocenters. The molecule has 2 aromatic heterocycles. The number of nitrogens with one attached hydrogen (secondary N) is 1. The Morgan fingerprint density at radius 3 is 2.19 bits per heavy atom. The highest BCUT2D eigenvalue weighted by Crippen LogP contribution is 2.33. The zero-order valence-corrected chi connectivity index (χ0v) is 18.2. The highest BCUT2D eigenvalue weighted by molar-refractivity contribution is 6.08. The number of H-pyrrole nitrogens is 1. The van der Waals surface area contributed by atoms with E-state index in [9.17, 15) is 0 Å². The van der Waals surface area contributed by atoms with Crippen molar-refractivity contribution in [2.75, 3.05) is 11.5 Å². The molecule has 0 saturated heterocycles. The number of aromatic amines is 1. The van der Waals surface area contributed by atoms with Crippen LogP contribution in [0.15, 0.2) is 85.2 Å². The number of hydrogen-bond acceptors (Lipinski definition) is 4. The fraction of sp³-hybridized carbons (Fsp3) is 0.185. The van der Waals surface area contributed by atoms with Gasteiger partial charge in [0.15, 0.2) is 5.82 Å². The molecule has 0 bridgehead atoms. The molecule has 0 amide bonds. The maximum absolute atomic E-state index is 5.72. The van der Waals surface area contributed by atoms with Gasteiger partial charge in [0, 0.05) is 25.1 Å². The fourth-order valence-corrected chi connectivity index (χ4v) is 4.16. The van der Waals surface area contributed by atoms with E-state index in [1.54, 1.807) is 6.33 Å². The van der Waals surface area contributed by atoms with Gasteiger partial charge in [-0.1, -0.05) is 72.8 Å². The lowest BCUT2D eigenvalue weighted by atomic mass is 10.1. The summed E-state index contributed by atoms with van der Waals surface area (Å²) in [7, 11) is 0. The number of rotatable bonds is 8. The fourth-order valence-electron chi connectivity index (χ4n) is 4.16. The molecule has 0 fully saturated rings. The predicted octanol–water partition coefficient (Wildman–Crippen LogP) is 5.85. The van der Waals surface area contributed by atoms with Crippen LogP contribution in [0.1, 0.15) is 23.6 Å². The van der Waals surface area contributed by atoms with Gasteiger partial charge in [0.05, 0.1) is 24.0 Å². The molecule has 0 aliphatic rings. The average Bonchev–Trinajstić information content (AvgIpc) is 3.33. The lowest BCUT2D eigenvalue weighted by Gasteiger charge is -2.25. The number of imidazole rings is 1. The summed E-state index contributed by atoms with van der Waals surface area (Å²) in [4.78, 5) is 15.5. The summed E-state index contributed by atoms with van der Waals surface area (Å²) in [6, 6.07) is 27.2. The summed E-state index contributed by atoms with van der Waals surface area (Å²) in [6.45, 7) is 4.73. The molecule has 0 aliphatic heterocycles. The minimum Gasteiger partial charge on any atom is -0.377 e. The van der Waals surface area contributed by atoms with Crippen LogP contribution in [0.3, 0.4) is 0 Å². The lowest BCUT2D eigenvalue weighted by Crippen LogP contribution is -2.23. The Labute approximate surface area is 187 Å². The van der Waals surface area contributed by atoms with Crippen molar-refractivity contribution in [3.05, 3.63) is 102 Å². The second-order valence-corrected chi connectivity index (χ2v) is 7.84. The van der Waals surface area contributed by atoms with Crippen molar-refractivity contribution in [2.24, 2.45) is 0 Å². The number of pyridine rings is 1. The van der Waals surface area contributed by atoms with Crippen molar-refractivity contribution in [2.45, 2.75) is 26.6 Å². The highest BCUT2D eigenvalue weighted by Gasteiger charge is 2.19. The summed E-state index contributed by atoms with van der Waals surface area (Å²) >= 11 is 0. The second kappa shape index (κ2) is 9.20. The Morgan fingerprint density at radius 2 is 1.53 bits per heavy atom. The molecule has 0 saturated carbocycles. The third-order valence-electron chi connectivity index (χ3n) is 5.65. The Kier molecular flexibility index (Phi) is 5.81. The molecule has 5 heteroatoms. The van der Waals surface area contributed by atoms with E-state index in [-0.39, 0.29) is 0 Å². The molecule has 5 nitrogen and oxygen atoms in total. The van der Waals surface area contributed by atoms with Gasteiger partial charge in [-0.3, -0.25) is 0 Å². The molecule has 5 aromatic rings. The maximum atomic E-state index is 5.72. The number of ether oxygens (including phenoxy) is 1. The molecule has 0 radical (unpaired) electrons. The van der Waals surface area contributed by atoms with Gasteiger partial charge in [-0.15, -0.1) is 0 Å². The van der Waals surface area contributed by atoms with E-state index >= 15 is 0 Å². The Bertz CT molecular complexity index is 1270. The second-order valence-electron chi connectivity index (χ2n) is 7.84. The smallest absolute Gasteiger partial charge is 0.158 e. The van der Waals surface area contributed by atoms with Crippen LogP contribution in [0, 0.1) is 0 Å². The normalized spacial score (nSPS) is 11.3. The molecule has 160 valence electrons. The van der Waals surface area contributed by atoms with Gasteiger partial charge in [0.1, 0.15) is 5.52 Å². The van der Waals surface area contributed by atoms with Crippen LogP contribution in [-0.4, -0.2) is 21.6 Å². The van der Waals surface area contributed by atoms with E-state index < -0.39 is 0 Å². The van der Waals surface area contributed by atoms with Crippen LogP contribution in [-0.2, 0) is 24.4 Å². The molecule has 0 atom stereocenters. The van der Waals surface area contributed by atoms with Crippen molar-refractivity contribution in [3.63, 3.8) is 0 Å². The molecule has 5 rings (SSSR count). The molecule has 2 heterocycles. The highest BCUT2D eigenvalue weighted by atomic mass is 16.5. The maximum Gasteiger partial charge on any atom is 0.158 e. The van der Waals surface area contributed by atoms with Gasteiger partial charge in [-0.25, -0.2) is 9.97 Å². The van der Waals surface area contributed by atoms with E-state index in [0.29, 0.717) is 13.2 Å². The van der Waals surface area contributed by atoms with Gasteiger partial charge >= 0.3 is 0 Å².